The molecule has 1 saturated carbocycles. The molecule has 0 amide bonds. The maximum atomic E-state index is 13.7. The van der Waals surface area contributed by atoms with Gasteiger partial charge in [-0.05, 0) is 68.6 Å². The Balaban J connectivity index is 1.27. The molecular formula is C21H24ClFN4. The molecule has 0 spiro atoms. The van der Waals surface area contributed by atoms with E-state index in [4.69, 9.17) is 11.6 Å². The van der Waals surface area contributed by atoms with E-state index < -0.39 is 0 Å². The molecule has 1 fully saturated rings. The molecule has 27 heavy (non-hydrogen) atoms. The first-order valence-electron chi connectivity index (χ1n) is 9.71. The van der Waals surface area contributed by atoms with E-state index in [0.717, 1.165) is 59.7 Å². The number of fused-ring (bicyclic) bond motifs is 1. The highest BCUT2D eigenvalue weighted by Gasteiger charge is 2.24. The highest BCUT2D eigenvalue weighted by Crippen LogP contribution is 2.38. The zero-order valence-electron chi connectivity index (χ0n) is 15.5. The van der Waals surface area contributed by atoms with Gasteiger partial charge in [-0.1, -0.05) is 18.0 Å². The number of imidazole rings is 1. The van der Waals surface area contributed by atoms with Crippen LogP contribution in [0.15, 0.2) is 24.5 Å². The van der Waals surface area contributed by atoms with Gasteiger partial charge in [0.05, 0.1) is 10.5 Å². The van der Waals surface area contributed by atoms with Crippen molar-refractivity contribution in [2.45, 2.75) is 57.8 Å². The third-order valence-corrected chi connectivity index (χ3v) is 6.06. The van der Waals surface area contributed by atoms with Crippen LogP contribution in [0.4, 0.5) is 4.39 Å². The molecule has 4 rings (SSSR count). The summed E-state index contributed by atoms with van der Waals surface area (Å²) in [5, 5.41) is 0.624. The van der Waals surface area contributed by atoms with E-state index in [1.54, 1.807) is 12.4 Å². The molecule has 0 bridgehead atoms. The van der Waals surface area contributed by atoms with Gasteiger partial charge in [-0.3, -0.25) is 0 Å². The highest BCUT2D eigenvalue weighted by atomic mass is 35.5. The van der Waals surface area contributed by atoms with E-state index in [0.29, 0.717) is 10.9 Å². The lowest BCUT2D eigenvalue weighted by atomic mass is 9.76. The third-order valence-electron chi connectivity index (χ3n) is 5.85. The van der Waals surface area contributed by atoms with Gasteiger partial charge in [0.15, 0.2) is 5.65 Å². The molecule has 3 aromatic heterocycles. The largest absolute Gasteiger partial charge is 0.341 e. The van der Waals surface area contributed by atoms with E-state index in [1.807, 2.05) is 19.1 Å². The lowest BCUT2D eigenvalue weighted by Gasteiger charge is -2.29. The first kappa shape index (κ1) is 18.4. The summed E-state index contributed by atoms with van der Waals surface area (Å²) in [6.07, 6.45) is 11.2. The van der Waals surface area contributed by atoms with Crippen molar-refractivity contribution in [1.82, 2.24) is 19.9 Å². The fourth-order valence-electron chi connectivity index (χ4n) is 4.33. The SMILES string of the molecule is Cc1c(F)nccc1[C@H]1CC[C@@H](CCCc2nc3ncc(Cl)cc3[nH]2)CC1. The maximum Gasteiger partial charge on any atom is 0.216 e. The van der Waals surface area contributed by atoms with Crippen molar-refractivity contribution >= 4 is 22.8 Å². The number of pyridine rings is 2. The molecule has 4 nitrogen and oxygen atoms in total. The Morgan fingerprint density at radius 1 is 1.22 bits per heavy atom. The predicted molar refractivity (Wildman–Crippen MR) is 105 cm³/mol. The smallest absolute Gasteiger partial charge is 0.216 e. The first-order chi connectivity index (χ1) is 13.1. The number of aromatic nitrogens is 4. The van der Waals surface area contributed by atoms with E-state index in [2.05, 4.69) is 19.9 Å². The number of H-pyrrole nitrogens is 1. The number of nitrogens with zero attached hydrogens (tertiary/aromatic N) is 3. The van der Waals surface area contributed by atoms with Gasteiger partial charge < -0.3 is 4.98 Å². The minimum absolute atomic E-state index is 0.323. The van der Waals surface area contributed by atoms with Crippen LogP contribution in [0.1, 0.15) is 61.4 Å². The highest BCUT2D eigenvalue weighted by molar-refractivity contribution is 6.31. The molecule has 142 valence electrons. The molecule has 1 aliphatic rings. The third kappa shape index (κ3) is 4.13. The minimum Gasteiger partial charge on any atom is -0.341 e. The second kappa shape index (κ2) is 7.93. The van der Waals surface area contributed by atoms with Crippen molar-refractivity contribution < 1.29 is 4.39 Å². The summed E-state index contributed by atoms with van der Waals surface area (Å²) in [4.78, 5) is 15.8. The Bertz CT molecular complexity index is 931. The van der Waals surface area contributed by atoms with E-state index in [1.165, 1.54) is 19.3 Å². The van der Waals surface area contributed by atoms with Gasteiger partial charge >= 0.3 is 0 Å². The average Bonchev–Trinajstić information content (AvgIpc) is 3.06. The number of hydrogen-bond donors (Lipinski definition) is 1. The zero-order valence-corrected chi connectivity index (χ0v) is 16.3. The number of halogens is 2. The van der Waals surface area contributed by atoms with Crippen molar-refractivity contribution in [3.05, 3.63) is 52.4 Å². The van der Waals surface area contributed by atoms with Crippen LogP contribution in [0.3, 0.4) is 0 Å². The van der Waals surface area contributed by atoms with Crippen LogP contribution < -0.4 is 0 Å². The van der Waals surface area contributed by atoms with Gasteiger partial charge in [-0.15, -0.1) is 0 Å². The number of rotatable bonds is 5. The summed E-state index contributed by atoms with van der Waals surface area (Å²) >= 11 is 5.97. The Morgan fingerprint density at radius 2 is 2.04 bits per heavy atom. The first-order valence-corrected chi connectivity index (χ1v) is 10.1. The summed E-state index contributed by atoms with van der Waals surface area (Å²) in [7, 11) is 0. The molecule has 0 unspecified atom stereocenters. The average molecular weight is 387 g/mol. The normalized spacial score (nSPS) is 20.3. The predicted octanol–water partition coefficient (Wildman–Crippen LogP) is 5.75. The monoisotopic (exact) mass is 386 g/mol. The van der Waals surface area contributed by atoms with Crippen molar-refractivity contribution in [1.29, 1.82) is 0 Å². The number of nitrogens with one attached hydrogen (secondary N) is 1. The van der Waals surface area contributed by atoms with Crippen LogP contribution in [0, 0.1) is 18.8 Å². The van der Waals surface area contributed by atoms with Gasteiger partial charge in [0, 0.05) is 24.4 Å². The quantitative estimate of drug-likeness (QED) is 0.568. The number of aromatic amines is 1. The van der Waals surface area contributed by atoms with Crippen LogP contribution in [0.2, 0.25) is 5.02 Å². The summed E-state index contributed by atoms with van der Waals surface area (Å²) in [6, 6.07) is 3.86. The van der Waals surface area contributed by atoms with Gasteiger partial charge in [-0.25, -0.2) is 15.0 Å². The Labute approximate surface area is 163 Å². The van der Waals surface area contributed by atoms with Gasteiger partial charge in [0.1, 0.15) is 5.82 Å². The number of aryl methyl sites for hydroxylation is 1. The Morgan fingerprint density at radius 3 is 2.85 bits per heavy atom. The Kier molecular flexibility index (Phi) is 5.39. The van der Waals surface area contributed by atoms with Crippen molar-refractivity contribution in [2.75, 3.05) is 0 Å². The fraction of sp³-hybridized carbons (Fsp3) is 0.476. The van der Waals surface area contributed by atoms with Crippen LogP contribution in [0.5, 0.6) is 0 Å². The molecule has 3 heterocycles. The standard InChI is InChI=1S/C21H24ClFN4/c1-13-17(9-10-24-20(13)23)15-7-5-14(6-8-15)3-2-4-19-26-18-11-16(22)12-25-21(18)27-19/h9-12,14-15H,2-8H2,1H3,(H,25,26,27)/t14-,15+. The summed E-state index contributed by atoms with van der Waals surface area (Å²) in [5.74, 6) is 1.89. The molecule has 1 N–H and O–H groups in total. The summed E-state index contributed by atoms with van der Waals surface area (Å²) in [6.45, 7) is 1.85. The molecule has 0 radical (unpaired) electrons. The van der Waals surface area contributed by atoms with Gasteiger partial charge in [0.2, 0.25) is 5.95 Å². The second-order valence-electron chi connectivity index (χ2n) is 7.63. The second-order valence-corrected chi connectivity index (χ2v) is 8.07. The van der Waals surface area contributed by atoms with Crippen LogP contribution in [-0.2, 0) is 6.42 Å². The Hall–Kier alpha value is -2.01. The van der Waals surface area contributed by atoms with Gasteiger partial charge in [-0.2, -0.15) is 4.39 Å². The summed E-state index contributed by atoms with van der Waals surface area (Å²) in [5.41, 5.74) is 3.50. The summed E-state index contributed by atoms with van der Waals surface area (Å²) < 4.78 is 13.7. The van der Waals surface area contributed by atoms with Crippen molar-refractivity contribution in [3.8, 4) is 0 Å². The molecule has 3 aromatic rings. The van der Waals surface area contributed by atoms with Crippen LogP contribution in [0.25, 0.3) is 11.2 Å². The molecule has 0 saturated heterocycles. The van der Waals surface area contributed by atoms with Gasteiger partial charge in [0.25, 0.3) is 0 Å². The van der Waals surface area contributed by atoms with Crippen LogP contribution in [-0.4, -0.2) is 19.9 Å². The lowest BCUT2D eigenvalue weighted by molar-refractivity contribution is 0.303. The molecule has 1 aliphatic carbocycles. The molecule has 0 aliphatic heterocycles. The molecular weight excluding hydrogens is 363 g/mol. The molecule has 0 aromatic carbocycles. The van der Waals surface area contributed by atoms with Crippen molar-refractivity contribution in [2.24, 2.45) is 5.92 Å². The van der Waals surface area contributed by atoms with E-state index in [-0.39, 0.29) is 5.95 Å². The lowest BCUT2D eigenvalue weighted by Crippen LogP contribution is -2.15. The minimum atomic E-state index is -0.323. The fourth-order valence-corrected chi connectivity index (χ4v) is 4.49. The molecule has 0 atom stereocenters. The number of hydrogen-bond acceptors (Lipinski definition) is 3. The van der Waals surface area contributed by atoms with Crippen molar-refractivity contribution in [3.63, 3.8) is 0 Å². The zero-order chi connectivity index (χ0) is 18.8. The topological polar surface area (TPSA) is 54.5 Å². The molecule has 6 heteroatoms. The maximum absolute atomic E-state index is 13.7. The van der Waals surface area contributed by atoms with E-state index >= 15 is 0 Å². The van der Waals surface area contributed by atoms with Crippen LogP contribution >= 0.6 is 11.6 Å². The van der Waals surface area contributed by atoms with E-state index in [9.17, 15) is 4.39 Å².